The first-order valence-electron chi connectivity index (χ1n) is 9.89. The van der Waals surface area contributed by atoms with Crippen LogP contribution >= 0.6 is 0 Å². The van der Waals surface area contributed by atoms with Gasteiger partial charge < -0.3 is 15.0 Å². The van der Waals surface area contributed by atoms with Crippen molar-refractivity contribution in [1.29, 1.82) is 0 Å². The number of nitrogens with one attached hydrogen (secondary N) is 1. The van der Waals surface area contributed by atoms with Crippen LogP contribution in [-0.4, -0.2) is 42.8 Å². The molecule has 0 aliphatic carbocycles. The Morgan fingerprint density at radius 2 is 2.15 bits per heavy atom. The molecule has 2 aliphatic rings. The minimum atomic E-state index is -0.259. The maximum absolute atomic E-state index is 13.3. The van der Waals surface area contributed by atoms with E-state index in [1.54, 1.807) is 6.07 Å². The minimum absolute atomic E-state index is 0.259. The second-order valence-corrected chi connectivity index (χ2v) is 7.49. The largest absolute Gasteiger partial charge is 0.493 e. The average Bonchev–Trinajstić information content (AvgIpc) is 2.91. The van der Waals surface area contributed by atoms with Gasteiger partial charge in [0.25, 0.3) is 0 Å². The van der Waals surface area contributed by atoms with Gasteiger partial charge in [-0.05, 0) is 44.9 Å². The molecule has 1 fully saturated rings. The molecule has 1 N–H and O–H groups in total. The maximum atomic E-state index is 13.3. The number of anilines is 1. The quantitative estimate of drug-likeness (QED) is 0.897. The van der Waals surface area contributed by atoms with Gasteiger partial charge in [-0.25, -0.2) is 14.4 Å². The highest BCUT2D eigenvalue weighted by molar-refractivity contribution is 5.50. The van der Waals surface area contributed by atoms with Crippen molar-refractivity contribution < 1.29 is 9.13 Å². The van der Waals surface area contributed by atoms with Crippen molar-refractivity contribution in [1.82, 2.24) is 15.3 Å². The molecule has 1 atom stereocenters. The van der Waals surface area contributed by atoms with Crippen LogP contribution < -0.4 is 15.0 Å². The number of hydrogen-bond acceptors (Lipinski definition) is 5. The molecule has 2 aliphatic heterocycles. The Morgan fingerprint density at radius 3 is 3.04 bits per heavy atom. The van der Waals surface area contributed by atoms with Crippen LogP contribution in [0.4, 0.5) is 10.2 Å². The first-order chi connectivity index (χ1) is 13.2. The van der Waals surface area contributed by atoms with Crippen molar-refractivity contribution in [3.05, 3.63) is 47.2 Å². The fourth-order valence-electron chi connectivity index (χ4n) is 4.07. The van der Waals surface area contributed by atoms with Gasteiger partial charge in [-0.3, -0.25) is 0 Å². The molecule has 6 heteroatoms. The number of fused-ring (bicyclic) bond motifs is 1. The monoisotopic (exact) mass is 370 g/mol. The normalized spacial score (nSPS) is 20.1. The van der Waals surface area contributed by atoms with Gasteiger partial charge in [-0.15, -0.1) is 0 Å². The highest BCUT2D eigenvalue weighted by Gasteiger charge is 2.25. The molecule has 3 heterocycles. The molecule has 1 aromatic carbocycles. The standard InChI is InChI=1S/C21H27FN4O/c1-15-24-20-8-10-23-9-7-19(20)21(25-15)26-11-3-4-16(13-26)14-27-18-6-2-5-17(22)12-18/h2,5-6,12,16,23H,3-4,7-11,13-14H2,1H3/t16-/m1/s1. The fraction of sp³-hybridized carbons (Fsp3) is 0.524. The number of hydrogen-bond donors (Lipinski definition) is 1. The summed E-state index contributed by atoms with van der Waals surface area (Å²) in [5.41, 5.74) is 2.50. The van der Waals surface area contributed by atoms with Crippen LogP contribution in [-0.2, 0) is 12.8 Å². The van der Waals surface area contributed by atoms with Gasteiger partial charge in [0, 0.05) is 43.6 Å². The van der Waals surface area contributed by atoms with E-state index in [0.29, 0.717) is 18.3 Å². The molecule has 0 amide bonds. The lowest BCUT2D eigenvalue weighted by Crippen LogP contribution is -2.39. The number of aromatic nitrogens is 2. The summed E-state index contributed by atoms with van der Waals surface area (Å²) in [6.45, 7) is 6.49. The second-order valence-electron chi connectivity index (χ2n) is 7.49. The van der Waals surface area contributed by atoms with E-state index in [1.807, 2.05) is 13.0 Å². The summed E-state index contributed by atoms with van der Waals surface area (Å²) in [5, 5.41) is 3.46. The van der Waals surface area contributed by atoms with Crippen LogP contribution in [0.5, 0.6) is 5.75 Å². The SMILES string of the molecule is Cc1nc2c(c(N3CCC[C@@H](COc4cccc(F)c4)C3)n1)CCNCC2. The number of ether oxygens (including phenoxy) is 1. The predicted octanol–water partition coefficient (Wildman–Crippen LogP) is 2.91. The van der Waals surface area contributed by atoms with Crippen molar-refractivity contribution in [2.45, 2.75) is 32.6 Å². The average molecular weight is 370 g/mol. The summed E-state index contributed by atoms with van der Waals surface area (Å²) in [4.78, 5) is 11.9. The van der Waals surface area contributed by atoms with E-state index in [1.165, 1.54) is 23.4 Å². The van der Waals surface area contributed by atoms with E-state index in [0.717, 1.165) is 63.5 Å². The summed E-state index contributed by atoms with van der Waals surface area (Å²) in [5.74, 6) is 2.72. The molecular weight excluding hydrogens is 343 g/mol. The van der Waals surface area contributed by atoms with E-state index < -0.39 is 0 Å². The van der Waals surface area contributed by atoms with Crippen molar-refractivity contribution in [3.63, 3.8) is 0 Å². The summed E-state index contributed by atoms with van der Waals surface area (Å²) >= 11 is 0. The molecule has 1 saturated heterocycles. The van der Waals surface area contributed by atoms with Gasteiger partial charge in [0.2, 0.25) is 0 Å². The van der Waals surface area contributed by atoms with Crippen LogP contribution in [0.1, 0.15) is 29.9 Å². The molecular formula is C21H27FN4O. The van der Waals surface area contributed by atoms with Gasteiger partial charge in [0.15, 0.2) is 0 Å². The van der Waals surface area contributed by atoms with E-state index in [2.05, 4.69) is 10.2 Å². The minimum Gasteiger partial charge on any atom is -0.493 e. The zero-order valence-corrected chi connectivity index (χ0v) is 15.9. The van der Waals surface area contributed by atoms with Gasteiger partial charge >= 0.3 is 0 Å². The summed E-state index contributed by atoms with van der Waals surface area (Å²) in [6, 6.07) is 6.38. The zero-order chi connectivity index (χ0) is 18.6. The molecule has 144 valence electrons. The maximum Gasteiger partial charge on any atom is 0.135 e. The lowest BCUT2D eigenvalue weighted by Gasteiger charge is -2.35. The molecule has 0 radical (unpaired) electrons. The molecule has 27 heavy (non-hydrogen) atoms. The van der Waals surface area contributed by atoms with Crippen molar-refractivity contribution >= 4 is 5.82 Å². The van der Waals surface area contributed by atoms with Crippen molar-refractivity contribution in [3.8, 4) is 5.75 Å². The van der Waals surface area contributed by atoms with E-state index in [9.17, 15) is 4.39 Å². The Balaban J connectivity index is 1.47. The van der Waals surface area contributed by atoms with Gasteiger partial charge in [0.05, 0.1) is 12.3 Å². The fourth-order valence-corrected chi connectivity index (χ4v) is 4.07. The van der Waals surface area contributed by atoms with Crippen LogP contribution in [0, 0.1) is 18.7 Å². The van der Waals surface area contributed by atoms with Crippen LogP contribution in [0.25, 0.3) is 0 Å². The molecule has 1 aromatic heterocycles. The van der Waals surface area contributed by atoms with Crippen LogP contribution in [0.15, 0.2) is 24.3 Å². The predicted molar refractivity (Wildman–Crippen MR) is 104 cm³/mol. The third-order valence-corrected chi connectivity index (χ3v) is 5.37. The summed E-state index contributed by atoms with van der Waals surface area (Å²) in [7, 11) is 0. The zero-order valence-electron chi connectivity index (χ0n) is 15.9. The van der Waals surface area contributed by atoms with E-state index >= 15 is 0 Å². The summed E-state index contributed by atoms with van der Waals surface area (Å²) in [6.07, 6.45) is 4.18. The molecule has 5 nitrogen and oxygen atoms in total. The van der Waals surface area contributed by atoms with Crippen molar-refractivity contribution in [2.75, 3.05) is 37.7 Å². The Labute approximate surface area is 160 Å². The molecule has 4 rings (SSSR count). The number of benzene rings is 1. The van der Waals surface area contributed by atoms with Crippen molar-refractivity contribution in [2.24, 2.45) is 5.92 Å². The third kappa shape index (κ3) is 4.38. The molecule has 0 unspecified atom stereocenters. The van der Waals surface area contributed by atoms with Crippen LogP contribution in [0.3, 0.4) is 0 Å². The Hall–Kier alpha value is -2.21. The smallest absolute Gasteiger partial charge is 0.135 e. The number of nitrogens with zero attached hydrogens (tertiary/aromatic N) is 3. The highest BCUT2D eigenvalue weighted by Crippen LogP contribution is 2.28. The molecule has 0 saturated carbocycles. The number of piperidine rings is 1. The number of rotatable bonds is 4. The lowest BCUT2D eigenvalue weighted by atomic mass is 9.98. The van der Waals surface area contributed by atoms with Crippen LogP contribution in [0.2, 0.25) is 0 Å². The number of aryl methyl sites for hydroxylation is 1. The first kappa shape index (κ1) is 18.2. The molecule has 2 aromatic rings. The summed E-state index contributed by atoms with van der Waals surface area (Å²) < 4.78 is 19.2. The van der Waals surface area contributed by atoms with Gasteiger partial charge in [-0.2, -0.15) is 0 Å². The Bertz CT molecular complexity index is 798. The Kier molecular flexibility index (Phi) is 5.53. The highest BCUT2D eigenvalue weighted by atomic mass is 19.1. The van der Waals surface area contributed by atoms with E-state index in [-0.39, 0.29) is 5.82 Å². The number of halogens is 1. The van der Waals surface area contributed by atoms with Gasteiger partial charge in [-0.1, -0.05) is 6.07 Å². The second kappa shape index (κ2) is 8.21. The van der Waals surface area contributed by atoms with Gasteiger partial charge in [0.1, 0.15) is 23.2 Å². The van der Waals surface area contributed by atoms with E-state index in [4.69, 9.17) is 14.7 Å². The topological polar surface area (TPSA) is 50.3 Å². The molecule has 0 bridgehead atoms. The first-order valence-corrected chi connectivity index (χ1v) is 9.89. The Morgan fingerprint density at radius 1 is 1.26 bits per heavy atom. The lowest BCUT2D eigenvalue weighted by molar-refractivity contribution is 0.227. The third-order valence-electron chi connectivity index (χ3n) is 5.37. The molecule has 0 spiro atoms.